The van der Waals surface area contributed by atoms with E-state index in [9.17, 15) is 4.79 Å². The van der Waals surface area contributed by atoms with E-state index in [0.717, 1.165) is 19.3 Å². The number of likely N-dealkylation sites (N-methyl/N-ethyl adjacent to an activating group) is 1. The summed E-state index contributed by atoms with van der Waals surface area (Å²) in [5.41, 5.74) is 0. The number of urea groups is 1. The minimum Gasteiger partial charge on any atom is -0.394 e. The molecule has 0 fully saturated rings. The average molecular weight is 212 g/mol. The molecule has 0 saturated heterocycles. The van der Waals surface area contributed by atoms with Gasteiger partial charge in [0.15, 0.2) is 0 Å². The fourth-order valence-corrected chi connectivity index (χ4v) is 1.52. The molecule has 0 aliphatic heterocycles. The zero-order valence-corrected chi connectivity index (χ0v) is 9.44. The molecule has 0 spiro atoms. The average Bonchev–Trinajstić information content (AvgIpc) is 2.28. The Kier molecular flexibility index (Phi) is 4.62. The van der Waals surface area contributed by atoms with Gasteiger partial charge in [0.1, 0.15) is 0 Å². The van der Waals surface area contributed by atoms with E-state index in [-0.39, 0.29) is 24.7 Å². The summed E-state index contributed by atoms with van der Waals surface area (Å²) in [7, 11) is 1.70. The van der Waals surface area contributed by atoms with Gasteiger partial charge in [-0.15, -0.1) is 0 Å². The van der Waals surface area contributed by atoms with Gasteiger partial charge in [-0.2, -0.15) is 0 Å². The van der Waals surface area contributed by atoms with Gasteiger partial charge in [0.25, 0.3) is 0 Å². The maximum atomic E-state index is 11.7. The lowest BCUT2D eigenvalue weighted by Gasteiger charge is -2.26. The number of aliphatic hydroxyl groups excluding tert-OH is 1. The van der Waals surface area contributed by atoms with Gasteiger partial charge < -0.3 is 15.3 Å². The Morgan fingerprint density at radius 2 is 2.47 bits per heavy atom. The van der Waals surface area contributed by atoms with Crippen molar-refractivity contribution in [1.29, 1.82) is 0 Å². The summed E-state index contributed by atoms with van der Waals surface area (Å²) >= 11 is 0. The lowest BCUT2D eigenvalue weighted by Crippen LogP contribution is -2.47. The lowest BCUT2D eigenvalue weighted by molar-refractivity contribution is 0.155. The summed E-state index contributed by atoms with van der Waals surface area (Å²) in [4.78, 5) is 13.2. The molecule has 0 aromatic heterocycles. The molecule has 1 aliphatic carbocycles. The van der Waals surface area contributed by atoms with Crippen LogP contribution in [-0.2, 0) is 0 Å². The fourth-order valence-electron chi connectivity index (χ4n) is 1.52. The Balaban J connectivity index is 2.40. The van der Waals surface area contributed by atoms with Crippen LogP contribution in [0.3, 0.4) is 0 Å². The van der Waals surface area contributed by atoms with E-state index < -0.39 is 0 Å². The van der Waals surface area contributed by atoms with E-state index in [0.29, 0.717) is 0 Å². The van der Waals surface area contributed by atoms with Crippen molar-refractivity contribution in [2.75, 3.05) is 13.7 Å². The number of allylic oxidation sites excluding steroid dienone is 1. The van der Waals surface area contributed by atoms with E-state index >= 15 is 0 Å². The molecule has 0 radical (unpaired) electrons. The highest BCUT2D eigenvalue weighted by molar-refractivity contribution is 5.74. The van der Waals surface area contributed by atoms with Gasteiger partial charge in [-0.05, 0) is 26.2 Å². The number of rotatable bonds is 3. The van der Waals surface area contributed by atoms with Crippen LogP contribution >= 0.6 is 0 Å². The molecule has 0 heterocycles. The first kappa shape index (κ1) is 12.0. The van der Waals surface area contributed by atoms with Crippen molar-refractivity contribution < 1.29 is 9.90 Å². The van der Waals surface area contributed by atoms with Crippen molar-refractivity contribution in [3.8, 4) is 0 Å². The van der Waals surface area contributed by atoms with Crippen LogP contribution in [0.5, 0.6) is 0 Å². The molecule has 1 aliphatic rings. The van der Waals surface area contributed by atoms with Crippen molar-refractivity contribution in [2.24, 2.45) is 0 Å². The van der Waals surface area contributed by atoms with Crippen molar-refractivity contribution in [2.45, 2.75) is 38.3 Å². The minimum atomic E-state index is -0.141. The summed E-state index contributed by atoms with van der Waals surface area (Å²) < 4.78 is 0. The van der Waals surface area contributed by atoms with Gasteiger partial charge in [-0.25, -0.2) is 4.79 Å². The molecule has 15 heavy (non-hydrogen) atoms. The summed E-state index contributed by atoms with van der Waals surface area (Å²) in [5.74, 6) is 0. The quantitative estimate of drug-likeness (QED) is 0.689. The second kappa shape index (κ2) is 5.75. The van der Waals surface area contributed by atoms with E-state index in [4.69, 9.17) is 5.11 Å². The normalized spacial score (nSPS) is 22.2. The molecule has 0 aromatic carbocycles. The summed E-state index contributed by atoms with van der Waals surface area (Å²) in [6.45, 7) is 1.81. The molecular weight excluding hydrogens is 192 g/mol. The third-order valence-electron chi connectivity index (χ3n) is 2.81. The topological polar surface area (TPSA) is 52.6 Å². The van der Waals surface area contributed by atoms with Crippen LogP contribution in [0.25, 0.3) is 0 Å². The van der Waals surface area contributed by atoms with Crippen LogP contribution in [0.1, 0.15) is 26.2 Å². The highest BCUT2D eigenvalue weighted by Gasteiger charge is 2.17. The molecule has 0 aromatic rings. The number of amides is 2. The van der Waals surface area contributed by atoms with Crippen molar-refractivity contribution in [3.63, 3.8) is 0 Å². The van der Waals surface area contributed by atoms with Gasteiger partial charge in [-0.3, -0.25) is 0 Å². The van der Waals surface area contributed by atoms with Crippen molar-refractivity contribution in [3.05, 3.63) is 12.2 Å². The predicted octanol–water partition coefficient (Wildman–Crippen LogP) is 1.12. The molecule has 0 saturated carbocycles. The Bertz CT molecular complexity index is 241. The van der Waals surface area contributed by atoms with Crippen molar-refractivity contribution >= 4 is 6.03 Å². The monoisotopic (exact) mass is 212 g/mol. The van der Waals surface area contributed by atoms with Gasteiger partial charge in [0.05, 0.1) is 12.6 Å². The first-order chi connectivity index (χ1) is 7.15. The SMILES string of the molecule is CC(CO)N(C)C(=O)NC1C=CCCC1. The molecule has 1 rings (SSSR count). The van der Waals surface area contributed by atoms with Crippen molar-refractivity contribution in [1.82, 2.24) is 10.2 Å². The Morgan fingerprint density at radius 3 is 3.00 bits per heavy atom. The maximum Gasteiger partial charge on any atom is 0.317 e. The summed E-state index contributed by atoms with van der Waals surface area (Å²) in [6, 6.07) is -0.106. The highest BCUT2D eigenvalue weighted by atomic mass is 16.3. The van der Waals surface area contributed by atoms with Gasteiger partial charge in [0.2, 0.25) is 0 Å². The molecule has 2 N–H and O–H groups in total. The number of nitrogens with one attached hydrogen (secondary N) is 1. The molecule has 0 bridgehead atoms. The molecule has 2 unspecified atom stereocenters. The standard InChI is InChI=1S/C11H20N2O2/c1-9(8-14)13(2)11(15)12-10-6-4-3-5-7-10/h4,6,9-10,14H,3,5,7-8H2,1-2H3,(H,12,15). The van der Waals surface area contributed by atoms with E-state index in [1.807, 2.05) is 13.0 Å². The minimum absolute atomic E-state index is 0.00950. The van der Waals surface area contributed by atoms with Gasteiger partial charge >= 0.3 is 6.03 Å². The Morgan fingerprint density at radius 1 is 1.73 bits per heavy atom. The van der Waals surface area contributed by atoms with Crippen LogP contribution in [-0.4, -0.2) is 41.8 Å². The first-order valence-corrected chi connectivity index (χ1v) is 5.46. The van der Waals surface area contributed by atoms with Crippen LogP contribution in [0.4, 0.5) is 4.79 Å². The Labute approximate surface area is 91.0 Å². The van der Waals surface area contributed by atoms with Crippen LogP contribution in [0, 0.1) is 0 Å². The molecular formula is C11H20N2O2. The van der Waals surface area contributed by atoms with Gasteiger partial charge in [-0.1, -0.05) is 12.2 Å². The van der Waals surface area contributed by atoms with Gasteiger partial charge in [0, 0.05) is 13.1 Å². The summed E-state index contributed by atoms with van der Waals surface area (Å²) in [6.07, 6.45) is 7.38. The predicted molar refractivity (Wildman–Crippen MR) is 59.6 cm³/mol. The van der Waals surface area contributed by atoms with Crippen LogP contribution < -0.4 is 5.32 Å². The van der Waals surface area contributed by atoms with E-state index in [1.165, 1.54) is 4.90 Å². The molecule has 2 amide bonds. The zero-order chi connectivity index (χ0) is 11.3. The molecule has 2 atom stereocenters. The molecule has 86 valence electrons. The Hall–Kier alpha value is -1.03. The zero-order valence-electron chi connectivity index (χ0n) is 9.44. The fraction of sp³-hybridized carbons (Fsp3) is 0.727. The number of hydrogen-bond donors (Lipinski definition) is 2. The largest absolute Gasteiger partial charge is 0.394 e. The van der Waals surface area contributed by atoms with E-state index in [2.05, 4.69) is 11.4 Å². The molecule has 4 nitrogen and oxygen atoms in total. The second-order valence-electron chi connectivity index (χ2n) is 4.06. The van der Waals surface area contributed by atoms with Crippen LogP contribution in [0.15, 0.2) is 12.2 Å². The second-order valence-corrected chi connectivity index (χ2v) is 4.06. The smallest absolute Gasteiger partial charge is 0.317 e. The number of aliphatic hydroxyl groups is 1. The summed E-state index contributed by atoms with van der Waals surface area (Å²) in [5, 5.41) is 11.8. The maximum absolute atomic E-state index is 11.7. The highest BCUT2D eigenvalue weighted by Crippen LogP contribution is 2.10. The number of carbonyl (C=O) groups excluding carboxylic acids is 1. The third-order valence-corrected chi connectivity index (χ3v) is 2.81. The van der Waals surface area contributed by atoms with Crippen LogP contribution in [0.2, 0.25) is 0 Å². The number of carbonyl (C=O) groups is 1. The van der Waals surface area contributed by atoms with E-state index in [1.54, 1.807) is 7.05 Å². The number of hydrogen-bond acceptors (Lipinski definition) is 2. The third kappa shape index (κ3) is 3.55. The first-order valence-electron chi connectivity index (χ1n) is 5.46. The lowest BCUT2D eigenvalue weighted by atomic mass is 10.0. The molecule has 4 heteroatoms. The number of nitrogens with zero attached hydrogens (tertiary/aromatic N) is 1.